The summed E-state index contributed by atoms with van der Waals surface area (Å²) in [4.78, 5) is 12.2. The molecule has 0 aromatic carbocycles. The van der Waals surface area contributed by atoms with Crippen LogP contribution in [-0.4, -0.2) is 55.2 Å². The zero-order valence-corrected chi connectivity index (χ0v) is 13.9. The monoisotopic (exact) mass is 317 g/mol. The lowest BCUT2D eigenvalue weighted by Gasteiger charge is -2.34. The van der Waals surface area contributed by atoms with Crippen LogP contribution < -0.4 is 5.32 Å². The Bertz CT molecular complexity index is 458. The Hall–Kier alpha value is -0.660. The molecule has 2 aliphatic rings. The van der Waals surface area contributed by atoms with E-state index in [0.29, 0.717) is 38.5 Å². The second-order valence-corrected chi connectivity index (χ2v) is 8.03. The maximum atomic E-state index is 12.8. The number of piperidine rings is 1. The van der Waals surface area contributed by atoms with Gasteiger partial charge in [0.1, 0.15) is 6.04 Å². The molecule has 7 heteroatoms. The van der Waals surface area contributed by atoms with Gasteiger partial charge in [0.05, 0.1) is 0 Å². The van der Waals surface area contributed by atoms with Crippen LogP contribution in [0.25, 0.3) is 0 Å². The van der Waals surface area contributed by atoms with Crippen molar-refractivity contribution in [3.05, 3.63) is 0 Å². The summed E-state index contributed by atoms with van der Waals surface area (Å²) >= 11 is 0. The number of carbonyl (C=O) groups excluding carboxylic acids is 1. The summed E-state index contributed by atoms with van der Waals surface area (Å²) in [5.41, 5.74) is 0. The van der Waals surface area contributed by atoms with Crippen molar-refractivity contribution in [1.82, 2.24) is 13.9 Å². The van der Waals surface area contributed by atoms with E-state index in [2.05, 4.69) is 12.2 Å². The largest absolute Gasteiger partial charge is 0.355 e. The SMILES string of the molecule is CCCNC(=O)[C@H]1CCCN1S(=O)(=O)N1CCC(C)CC1. The first-order valence-electron chi connectivity index (χ1n) is 8.01. The van der Waals surface area contributed by atoms with Crippen LogP contribution in [0.4, 0.5) is 0 Å². The fraction of sp³-hybridized carbons (Fsp3) is 0.929. The standard InChI is InChI=1S/C14H27N3O3S/c1-3-8-15-14(18)13-5-4-9-17(13)21(19,20)16-10-6-12(2)7-11-16/h12-13H,3-11H2,1-2H3,(H,15,18)/t13-/m1/s1. The Balaban J connectivity index is 2.05. The molecule has 2 saturated heterocycles. The van der Waals surface area contributed by atoms with Crippen molar-refractivity contribution in [3.63, 3.8) is 0 Å². The summed E-state index contributed by atoms with van der Waals surface area (Å²) in [5, 5.41) is 2.82. The first-order valence-corrected chi connectivity index (χ1v) is 9.41. The molecule has 2 heterocycles. The van der Waals surface area contributed by atoms with E-state index in [1.165, 1.54) is 4.31 Å². The second kappa shape index (κ2) is 7.07. The first-order chi connectivity index (χ1) is 9.96. The quantitative estimate of drug-likeness (QED) is 0.821. The highest BCUT2D eigenvalue weighted by Gasteiger charge is 2.42. The van der Waals surface area contributed by atoms with Crippen LogP contribution in [-0.2, 0) is 15.0 Å². The molecule has 0 bridgehead atoms. The summed E-state index contributed by atoms with van der Waals surface area (Å²) in [6.07, 6.45) is 4.04. The third-order valence-corrected chi connectivity index (χ3v) is 6.47. The molecule has 1 amide bonds. The molecule has 122 valence electrons. The van der Waals surface area contributed by atoms with Crippen molar-refractivity contribution in [2.75, 3.05) is 26.2 Å². The minimum Gasteiger partial charge on any atom is -0.355 e. The predicted molar refractivity (Wildman–Crippen MR) is 81.9 cm³/mol. The van der Waals surface area contributed by atoms with Crippen LogP contribution in [0, 0.1) is 5.92 Å². The van der Waals surface area contributed by atoms with Crippen LogP contribution in [0.1, 0.15) is 46.0 Å². The fourth-order valence-electron chi connectivity index (χ4n) is 3.01. The normalized spacial score (nSPS) is 26.1. The Morgan fingerprint density at radius 3 is 2.48 bits per heavy atom. The molecule has 0 spiro atoms. The van der Waals surface area contributed by atoms with Gasteiger partial charge in [0, 0.05) is 26.2 Å². The number of nitrogens with one attached hydrogen (secondary N) is 1. The molecule has 0 aromatic rings. The van der Waals surface area contributed by atoms with E-state index in [9.17, 15) is 13.2 Å². The number of carbonyl (C=O) groups is 1. The van der Waals surface area contributed by atoms with Crippen LogP contribution in [0.2, 0.25) is 0 Å². The van der Waals surface area contributed by atoms with Gasteiger partial charge in [-0.1, -0.05) is 13.8 Å². The molecule has 1 N–H and O–H groups in total. The van der Waals surface area contributed by atoms with Gasteiger partial charge in [-0.15, -0.1) is 0 Å². The van der Waals surface area contributed by atoms with Gasteiger partial charge in [-0.05, 0) is 38.0 Å². The van der Waals surface area contributed by atoms with E-state index in [1.54, 1.807) is 4.31 Å². The third-order valence-electron chi connectivity index (χ3n) is 4.42. The lowest BCUT2D eigenvalue weighted by Crippen LogP contribution is -2.52. The van der Waals surface area contributed by atoms with E-state index in [4.69, 9.17) is 0 Å². The maximum absolute atomic E-state index is 12.8. The molecular weight excluding hydrogens is 290 g/mol. The third kappa shape index (κ3) is 3.76. The number of hydrogen-bond donors (Lipinski definition) is 1. The first kappa shape index (κ1) is 16.7. The Kier molecular flexibility index (Phi) is 5.62. The van der Waals surface area contributed by atoms with Gasteiger partial charge in [0.2, 0.25) is 5.91 Å². The van der Waals surface area contributed by atoms with E-state index >= 15 is 0 Å². The average Bonchev–Trinajstić information content (AvgIpc) is 2.95. The Morgan fingerprint density at radius 1 is 1.19 bits per heavy atom. The van der Waals surface area contributed by atoms with Crippen molar-refractivity contribution >= 4 is 16.1 Å². The van der Waals surface area contributed by atoms with Crippen LogP contribution in [0.3, 0.4) is 0 Å². The molecular formula is C14H27N3O3S. The molecule has 0 radical (unpaired) electrons. The zero-order chi connectivity index (χ0) is 15.5. The fourth-order valence-corrected chi connectivity index (χ4v) is 4.86. The van der Waals surface area contributed by atoms with Gasteiger partial charge in [0.25, 0.3) is 10.2 Å². The predicted octanol–water partition coefficient (Wildman–Crippen LogP) is 0.954. The van der Waals surface area contributed by atoms with Gasteiger partial charge >= 0.3 is 0 Å². The van der Waals surface area contributed by atoms with Gasteiger partial charge < -0.3 is 5.32 Å². The molecule has 0 saturated carbocycles. The summed E-state index contributed by atoms with van der Waals surface area (Å²) < 4.78 is 28.5. The second-order valence-electron chi connectivity index (χ2n) is 6.15. The highest BCUT2D eigenvalue weighted by Crippen LogP contribution is 2.26. The van der Waals surface area contributed by atoms with E-state index in [-0.39, 0.29) is 5.91 Å². The minimum absolute atomic E-state index is 0.150. The molecule has 21 heavy (non-hydrogen) atoms. The summed E-state index contributed by atoms with van der Waals surface area (Å²) in [7, 11) is -3.50. The molecule has 1 atom stereocenters. The van der Waals surface area contributed by atoms with Crippen molar-refractivity contribution in [1.29, 1.82) is 0 Å². The minimum atomic E-state index is -3.50. The molecule has 0 aromatic heterocycles. The van der Waals surface area contributed by atoms with Gasteiger partial charge in [-0.2, -0.15) is 17.0 Å². The van der Waals surface area contributed by atoms with Crippen molar-refractivity contribution < 1.29 is 13.2 Å². The number of hydrogen-bond acceptors (Lipinski definition) is 3. The van der Waals surface area contributed by atoms with Crippen LogP contribution in [0.15, 0.2) is 0 Å². The van der Waals surface area contributed by atoms with Crippen molar-refractivity contribution in [2.24, 2.45) is 5.92 Å². The maximum Gasteiger partial charge on any atom is 0.282 e. The molecule has 2 fully saturated rings. The van der Waals surface area contributed by atoms with Gasteiger partial charge in [0.15, 0.2) is 0 Å². The van der Waals surface area contributed by atoms with Gasteiger partial charge in [-0.3, -0.25) is 4.79 Å². The molecule has 6 nitrogen and oxygen atoms in total. The molecule has 2 aliphatic heterocycles. The smallest absolute Gasteiger partial charge is 0.282 e. The number of rotatable bonds is 5. The van der Waals surface area contributed by atoms with Crippen LogP contribution >= 0.6 is 0 Å². The Labute approximate surface area is 128 Å². The van der Waals surface area contributed by atoms with Crippen molar-refractivity contribution in [3.8, 4) is 0 Å². The van der Waals surface area contributed by atoms with E-state index < -0.39 is 16.3 Å². The lowest BCUT2D eigenvalue weighted by molar-refractivity contribution is -0.124. The molecule has 0 aliphatic carbocycles. The number of amides is 1. The summed E-state index contributed by atoms with van der Waals surface area (Å²) in [5.74, 6) is 0.432. The topological polar surface area (TPSA) is 69.7 Å². The lowest BCUT2D eigenvalue weighted by atomic mass is 10.0. The highest BCUT2D eigenvalue weighted by molar-refractivity contribution is 7.86. The number of nitrogens with zero attached hydrogens (tertiary/aromatic N) is 2. The van der Waals surface area contributed by atoms with Gasteiger partial charge in [-0.25, -0.2) is 0 Å². The van der Waals surface area contributed by atoms with E-state index in [1.807, 2.05) is 6.92 Å². The zero-order valence-electron chi connectivity index (χ0n) is 13.0. The molecule has 0 unspecified atom stereocenters. The Morgan fingerprint density at radius 2 is 1.86 bits per heavy atom. The molecule has 2 rings (SSSR count). The average molecular weight is 317 g/mol. The summed E-state index contributed by atoms with van der Waals surface area (Å²) in [6.45, 7) is 6.34. The highest BCUT2D eigenvalue weighted by atomic mass is 32.2. The van der Waals surface area contributed by atoms with Crippen LogP contribution in [0.5, 0.6) is 0 Å². The van der Waals surface area contributed by atoms with E-state index in [0.717, 1.165) is 25.7 Å². The van der Waals surface area contributed by atoms with Crippen molar-refractivity contribution in [2.45, 2.75) is 52.0 Å². The summed E-state index contributed by atoms with van der Waals surface area (Å²) in [6, 6.07) is -0.527.